The molecule has 9 heteroatoms. The first-order chi connectivity index (χ1) is 20.6. The Morgan fingerprint density at radius 1 is 1.02 bits per heavy atom. The van der Waals surface area contributed by atoms with Gasteiger partial charge in [-0.1, -0.05) is 81.1 Å². The largest absolute Gasteiger partial charge is 0.335 e. The maximum Gasteiger partial charge on any atom is 0.321 e. The van der Waals surface area contributed by atoms with E-state index in [1.165, 1.54) is 24.8 Å². The van der Waals surface area contributed by atoms with Crippen LogP contribution in [0.25, 0.3) is 33.5 Å². The third kappa shape index (κ3) is 5.91. The number of fused-ring (bicyclic) bond motifs is 1. The van der Waals surface area contributed by atoms with Gasteiger partial charge in [0.1, 0.15) is 5.82 Å². The van der Waals surface area contributed by atoms with Crippen molar-refractivity contribution < 1.29 is 4.79 Å². The molecule has 5 aromatic rings. The van der Waals surface area contributed by atoms with E-state index < -0.39 is 0 Å². The van der Waals surface area contributed by atoms with Crippen LogP contribution in [0.4, 0.5) is 10.5 Å². The zero-order chi connectivity index (χ0) is 28.9. The van der Waals surface area contributed by atoms with Crippen molar-refractivity contribution in [1.82, 2.24) is 35.5 Å². The van der Waals surface area contributed by atoms with Crippen molar-refractivity contribution >= 4 is 22.8 Å². The van der Waals surface area contributed by atoms with Crippen LogP contribution in [0.3, 0.4) is 0 Å². The number of carbonyl (C=O) groups is 1. The molecule has 0 bridgehead atoms. The second kappa shape index (κ2) is 12.5. The lowest BCUT2D eigenvalue weighted by molar-refractivity contribution is 0.239. The van der Waals surface area contributed by atoms with E-state index in [0.29, 0.717) is 5.82 Å². The molecule has 0 aliphatic heterocycles. The van der Waals surface area contributed by atoms with E-state index in [1.54, 1.807) is 4.90 Å². The van der Waals surface area contributed by atoms with Crippen LogP contribution >= 0.6 is 0 Å². The number of imidazole rings is 1. The predicted octanol–water partition coefficient (Wildman–Crippen LogP) is 6.75. The first kappa shape index (κ1) is 27.6. The maximum absolute atomic E-state index is 13.0. The van der Waals surface area contributed by atoms with E-state index in [4.69, 9.17) is 4.98 Å². The van der Waals surface area contributed by atoms with E-state index in [0.717, 1.165) is 77.9 Å². The lowest BCUT2D eigenvalue weighted by atomic mass is 9.96. The summed E-state index contributed by atoms with van der Waals surface area (Å²) in [6, 6.07) is 23.2. The molecule has 0 radical (unpaired) electrons. The highest BCUT2D eigenvalue weighted by Crippen LogP contribution is 2.30. The molecular formula is C33H38N8O. The Balaban J connectivity index is 1.24. The SMILES string of the molecule is CCCCc1nc2cc(N(C)C(=O)NC3CCCCC3)ccc2n1Cc1ccc(-c2ccccc2-c2nnn[nH]2)cc1. The number of aryl methyl sites for hydroxylation is 1. The summed E-state index contributed by atoms with van der Waals surface area (Å²) >= 11 is 0. The summed E-state index contributed by atoms with van der Waals surface area (Å²) in [6.45, 7) is 2.93. The standard InChI is InChI=1S/C33H38N8O/c1-3-4-14-31-35-29-21-26(40(2)33(42)34-25-10-6-5-7-11-25)19-20-30(29)41(31)22-23-15-17-24(18-16-23)27-12-8-9-13-28(27)32-36-38-39-37-32/h8-9,12-13,15-21,25H,3-7,10-11,14,22H2,1-2H3,(H,34,42)(H,36,37,38,39). The van der Waals surface area contributed by atoms with Crippen molar-refractivity contribution in [3.05, 3.63) is 78.1 Å². The Kier molecular flexibility index (Phi) is 8.26. The van der Waals surface area contributed by atoms with Gasteiger partial charge in [0.15, 0.2) is 5.82 Å². The van der Waals surface area contributed by atoms with E-state index in [1.807, 2.05) is 37.4 Å². The van der Waals surface area contributed by atoms with Gasteiger partial charge in [-0.2, -0.15) is 0 Å². The van der Waals surface area contributed by atoms with Crippen molar-refractivity contribution in [2.24, 2.45) is 0 Å². The van der Waals surface area contributed by atoms with Crippen LogP contribution in [0.5, 0.6) is 0 Å². The molecule has 1 fully saturated rings. The average molecular weight is 563 g/mol. The molecule has 9 nitrogen and oxygen atoms in total. The molecule has 0 unspecified atom stereocenters. The highest BCUT2D eigenvalue weighted by atomic mass is 16.2. The summed E-state index contributed by atoms with van der Waals surface area (Å²) in [6.07, 6.45) is 8.87. The number of rotatable bonds is 9. The number of benzene rings is 3. The zero-order valence-electron chi connectivity index (χ0n) is 24.4. The van der Waals surface area contributed by atoms with Crippen molar-refractivity contribution in [3.8, 4) is 22.5 Å². The number of aromatic amines is 1. The van der Waals surface area contributed by atoms with Crippen LogP contribution in [0, 0.1) is 0 Å². The van der Waals surface area contributed by atoms with Crippen LogP contribution < -0.4 is 10.2 Å². The molecule has 3 aromatic carbocycles. The number of hydrogen-bond acceptors (Lipinski definition) is 5. The summed E-state index contributed by atoms with van der Waals surface area (Å²) in [7, 11) is 1.84. The maximum atomic E-state index is 13.0. The minimum Gasteiger partial charge on any atom is -0.335 e. The number of unbranched alkanes of at least 4 members (excludes halogenated alkanes) is 1. The summed E-state index contributed by atoms with van der Waals surface area (Å²) in [5.41, 5.74) is 7.19. The molecule has 0 atom stereocenters. The average Bonchev–Trinajstić information content (AvgIpc) is 3.69. The summed E-state index contributed by atoms with van der Waals surface area (Å²) < 4.78 is 2.32. The van der Waals surface area contributed by atoms with Crippen LogP contribution in [0.1, 0.15) is 63.3 Å². The molecule has 0 spiro atoms. The molecule has 2 aromatic heterocycles. The van der Waals surface area contributed by atoms with Crippen LogP contribution in [-0.4, -0.2) is 49.3 Å². The van der Waals surface area contributed by atoms with E-state index in [9.17, 15) is 4.79 Å². The number of nitrogens with zero attached hydrogens (tertiary/aromatic N) is 6. The van der Waals surface area contributed by atoms with Crippen LogP contribution in [0.2, 0.25) is 0 Å². The second-order valence-electron chi connectivity index (χ2n) is 11.2. The molecule has 42 heavy (non-hydrogen) atoms. The van der Waals surface area contributed by atoms with Crippen LogP contribution in [0.15, 0.2) is 66.7 Å². The minimum absolute atomic E-state index is 0.0480. The van der Waals surface area contributed by atoms with Gasteiger partial charge in [0.2, 0.25) is 0 Å². The monoisotopic (exact) mass is 562 g/mol. The fourth-order valence-corrected chi connectivity index (χ4v) is 5.90. The Morgan fingerprint density at radius 2 is 1.81 bits per heavy atom. The van der Waals surface area contributed by atoms with E-state index in [-0.39, 0.29) is 12.1 Å². The number of anilines is 1. The van der Waals surface area contributed by atoms with Crippen LogP contribution in [-0.2, 0) is 13.0 Å². The topological polar surface area (TPSA) is 105 Å². The number of carbonyl (C=O) groups excluding carboxylic acids is 1. The van der Waals surface area contributed by atoms with Gasteiger partial charge in [-0.3, -0.25) is 4.90 Å². The van der Waals surface area contributed by atoms with Gasteiger partial charge >= 0.3 is 6.03 Å². The fraction of sp³-hybridized carbons (Fsp3) is 0.364. The van der Waals surface area contributed by atoms with Gasteiger partial charge in [-0.05, 0) is 64.6 Å². The minimum atomic E-state index is -0.0480. The third-order valence-corrected chi connectivity index (χ3v) is 8.32. The van der Waals surface area contributed by atoms with Gasteiger partial charge in [0.25, 0.3) is 0 Å². The summed E-state index contributed by atoms with van der Waals surface area (Å²) in [5, 5.41) is 17.7. The number of H-pyrrole nitrogens is 1. The molecule has 2 heterocycles. The highest BCUT2D eigenvalue weighted by molar-refractivity contribution is 5.94. The Bertz CT molecular complexity index is 1630. The highest BCUT2D eigenvalue weighted by Gasteiger charge is 2.20. The summed E-state index contributed by atoms with van der Waals surface area (Å²) in [4.78, 5) is 19.8. The Hall–Kier alpha value is -4.53. The van der Waals surface area contributed by atoms with Crippen molar-refractivity contribution in [1.29, 1.82) is 0 Å². The zero-order valence-corrected chi connectivity index (χ0v) is 24.4. The number of urea groups is 1. The number of nitrogens with one attached hydrogen (secondary N) is 2. The molecular weight excluding hydrogens is 524 g/mol. The number of tetrazole rings is 1. The second-order valence-corrected chi connectivity index (χ2v) is 11.2. The van der Waals surface area contributed by atoms with Gasteiger partial charge in [-0.25, -0.2) is 14.9 Å². The lowest BCUT2D eigenvalue weighted by Gasteiger charge is -2.26. The van der Waals surface area contributed by atoms with Crippen molar-refractivity contribution in [2.45, 2.75) is 70.9 Å². The van der Waals surface area contributed by atoms with Gasteiger partial charge in [-0.15, -0.1) is 5.10 Å². The molecule has 1 saturated carbocycles. The Morgan fingerprint density at radius 3 is 2.55 bits per heavy atom. The first-order valence-electron chi connectivity index (χ1n) is 15.1. The molecule has 1 aliphatic rings. The molecule has 6 rings (SSSR count). The normalized spacial score (nSPS) is 13.9. The number of amides is 2. The quantitative estimate of drug-likeness (QED) is 0.207. The Labute approximate surface area is 246 Å². The molecule has 216 valence electrons. The molecule has 1 aliphatic carbocycles. The lowest BCUT2D eigenvalue weighted by Crippen LogP contribution is -2.43. The van der Waals surface area contributed by atoms with E-state index in [2.05, 4.69) is 73.8 Å². The molecule has 2 amide bonds. The molecule has 0 saturated heterocycles. The number of aromatic nitrogens is 6. The smallest absolute Gasteiger partial charge is 0.321 e. The van der Waals surface area contributed by atoms with Crippen molar-refractivity contribution in [2.75, 3.05) is 11.9 Å². The van der Waals surface area contributed by atoms with E-state index >= 15 is 0 Å². The van der Waals surface area contributed by atoms with Gasteiger partial charge in [0.05, 0.1) is 11.0 Å². The first-order valence-corrected chi connectivity index (χ1v) is 15.1. The summed E-state index contributed by atoms with van der Waals surface area (Å²) in [5.74, 6) is 1.72. The fourth-order valence-electron chi connectivity index (χ4n) is 5.90. The predicted molar refractivity (Wildman–Crippen MR) is 166 cm³/mol. The third-order valence-electron chi connectivity index (χ3n) is 8.32. The van der Waals surface area contributed by atoms with Crippen molar-refractivity contribution in [3.63, 3.8) is 0 Å². The van der Waals surface area contributed by atoms with Gasteiger partial charge < -0.3 is 9.88 Å². The number of hydrogen-bond donors (Lipinski definition) is 2. The van der Waals surface area contributed by atoms with Gasteiger partial charge in [0, 0.05) is 37.3 Å². The molecule has 2 N–H and O–H groups in total.